The van der Waals surface area contributed by atoms with Crippen molar-refractivity contribution in [2.24, 2.45) is 5.92 Å². The van der Waals surface area contributed by atoms with Gasteiger partial charge in [-0.3, -0.25) is 10.1 Å². The van der Waals surface area contributed by atoms with Crippen LogP contribution in [0.15, 0.2) is 108 Å². The Morgan fingerprint density at radius 1 is 0.852 bits per heavy atom. The van der Waals surface area contributed by atoms with E-state index < -0.39 is 6.10 Å². The number of aliphatic hydroxyl groups is 1. The van der Waals surface area contributed by atoms with Crippen LogP contribution in [0.25, 0.3) is 22.0 Å². The van der Waals surface area contributed by atoms with Gasteiger partial charge in [0.05, 0.1) is 17.3 Å². The van der Waals surface area contributed by atoms with Crippen molar-refractivity contribution >= 4 is 28.4 Å². The largest absolute Gasteiger partial charge is 0.506 e. The van der Waals surface area contributed by atoms with Crippen molar-refractivity contribution in [1.29, 1.82) is 0 Å². The Bertz CT molecular complexity index is 2040. The maximum absolute atomic E-state index is 12.8. The number of pyridine rings is 1. The normalized spacial score (nSPS) is 16.4. The van der Waals surface area contributed by atoms with E-state index in [1.165, 1.54) is 42.6 Å². The van der Waals surface area contributed by atoms with Crippen LogP contribution in [-0.2, 0) is 11.2 Å². The summed E-state index contributed by atoms with van der Waals surface area (Å²) in [5.74, 6) is 0.717. The molecule has 2 fully saturated rings. The number of fused-ring (bicyclic) bond motifs is 1. The number of piperidine rings is 2. The van der Waals surface area contributed by atoms with Crippen molar-refractivity contribution in [2.75, 3.05) is 56.0 Å². The highest BCUT2D eigenvalue weighted by Gasteiger charge is 2.25. The highest BCUT2D eigenvalue weighted by Crippen LogP contribution is 2.30. The average Bonchev–Trinajstić information content (AvgIpc) is 3.20. The van der Waals surface area contributed by atoms with Gasteiger partial charge >= 0.3 is 6.09 Å². The lowest BCUT2D eigenvalue weighted by atomic mass is 9.92. The summed E-state index contributed by atoms with van der Waals surface area (Å²) in [4.78, 5) is 32.2. The summed E-state index contributed by atoms with van der Waals surface area (Å²) in [5, 5.41) is 27.9. The van der Waals surface area contributed by atoms with Gasteiger partial charge in [-0.05, 0) is 105 Å². The maximum atomic E-state index is 12.8. The molecule has 2 aliphatic heterocycles. The first kappa shape index (κ1) is 37.2. The summed E-state index contributed by atoms with van der Waals surface area (Å²) in [6, 6.07) is 33.0. The van der Waals surface area contributed by atoms with Crippen molar-refractivity contribution < 1.29 is 19.7 Å². The predicted molar refractivity (Wildman–Crippen MR) is 215 cm³/mol. The van der Waals surface area contributed by atoms with Gasteiger partial charge in [-0.1, -0.05) is 66.7 Å². The topological polar surface area (TPSA) is 130 Å². The van der Waals surface area contributed by atoms with E-state index in [-0.39, 0.29) is 23.5 Å². The van der Waals surface area contributed by atoms with Crippen molar-refractivity contribution in [2.45, 2.75) is 50.7 Å². The fourth-order valence-corrected chi connectivity index (χ4v) is 7.85. The van der Waals surface area contributed by atoms with Gasteiger partial charge in [0.1, 0.15) is 11.9 Å². The Labute approximate surface area is 316 Å². The van der Waals surface area contributed by atoms with Crippen LogP contribution >= 0.6 is 0 Å². The second kappa shape index (κ2) is 17.8. The Kier molecular flexibility index (Phi) is 12.2. The Morgan fingerprint density at radius 3 is 2.37 bits per heavy atom. The molecule has 0 radical (unpaired) electrons. The lowest BCUT2D eigenvalue weighted by Gasteiger charge is -2.36. The van der Waals surface area contributed by atoms with E-state index in [1.54, 1.807) is 12.1 Å². The van der Waals surface area contributed by atoms with Gasteiger partial charge in [-0.2, -0.15) is 0 Å². The number of nitrogens with one attached hydrogen (secondary N) is 3. The zero-order chi connectivity index (χ0) is 37.3. The number of ether oxygens (including phenoxy) is 1. The minimum atomic E-state index is -0.772. The average molecular weight is 730 g/mol. The van der Waals surface area contributed by atoms with Gasteiger partial charge in [0.2, 0.25) is 5.56 Å². The Hall–Kier alpha value is -5.16. The third kappa shape index (κ3) is 9.49. The lowest BCUT2D eigenvalue weighted by Crippen LogP contribution is -2.40. The van der Waals surface area contributed by atoms with Gasteiger partial charge in [0.25, 0.3) is 0 Å². The molecule has 3 heterocycles. The second-order valence-corrected chi connectivity index (χ2v) is 14.6. The molecule has 0 saturated carbocycles. The van der Waals surface area contributed by atoms with Gasteiger partial charge in [0, 0.05) is 55.4 Å². The standard InChI is InChI=1S/C44H51N5O5/c50-40-16-14-37(38-15-17-42(52)47-43(38)40)41(51)30-45-24-18-31-10-12-34(13-11-31)49-28-20-32(21-29-49)19-25-48-26-22-35(23-27-48)54-44(53)46-39-9-5-4-8-36(39)33-6-2-1-3-7-33/h1-17,32,35,41,45,50-51H,18-30H2,(H,46,53)(H,47,52)/t41-/m1/s1. The van der Waals surface area contributed by atoms with Crippen LogP contribution in [0.1, 0.15) is 49.3 Å². The molecule has 5 aromatic rings. The van der Waals surface area contributed by atoms with Crippen LogP contribution in [0.4, 0.5) is 16.2 Å². The zero-order valence-corrected chi connectivity index (χ0v) is 30.8. The number of aliphatic hydroxyl groups excluding tert-OH is 1. The number of rotatable bonds is 13. The molecular formula is C44H51N5O5. The number of phenols is 1. The molecule has 0 unspecified atom stereocenters. The lowest BCUT2D eigenvalue weighted by molar-refractivity contribution is 0.0569. The van der Waals surface area contributed by atoms with Gasteiger partial charge < -0.3 is 35.1 Å². The zero-order valence-electron chi connectivity index (χ0n) is 30.8. The van der Waals surface area contributed by atoms with Gasteiger partial charge in [0.15, 0.2) is 0 Å². The number of aromatic nitrogens is 1. The molecule has 5 N–H and O–H groups in total. The molecule has 0 spiro atoms. The van der Waals surface area contributed by atoms with E-state index in [2.05, 4.69) is 49.7 Å². The number of likely N-dealkylation sites (tertiary alicyclic amines) is 1. The van der Waals surface area contributed by atoms with E-state index in [9.17, 15) is 19.8 Å². The number of aromatic hydroxyl groups is 1. The first-order chi connectivity index (χ1) is 26.4. The van der Waals surface area contributed by atoms with Crippen molar-refractivity contribution in [3.05, 3.63) is 125 Å². The first-order valence-corrected chi connectivity index (χ1v) is 19.3. The minimum absolute atomic E-state index is 0.0132. The molecule has 7 rings (SSSR count). The number of aromatic amines is 1. The number of H-pyrrole nitrogens is 1. The molecule has 0 aliphatic carbocycles. The van der Waals surface area contributed by atoms with Crippen LogP contribution in [-0.4, -0.2) is 78.1 Å². The third-order valence-corrected chi connectivity index (χ3v) is 11.0. The fraction of sp³-hybridized carbons (Fsp3) is 0.364. The smallest absolute Gasteiger partial charge is 0.411 e. The SMILES string of the molecule is O=C(Nc1ccccc1-c1ccccc1)OC1CCN(CCC2CCN(c3ccc(CCNC[C@@H](O)c4ccc(O)c5[nH]c(=O)ccc45)cc3)CC2)CC1. The summed E-state index contributed by atoms with van der Waals surface area (Å²) < 4.78 is 5.85. The number of carbonyl (C=O) groups excluding carboxylic acids is 1. The van der Waals surface area contributed by atoms with Crippen LogP contribution in [0.5, 0.6) is 5.75 Å². The number of benzene rings is 4. The predicted octanol–water partition coefficient (Wildman–Crippen LogP) is 7.09. The number of hydrogen-bond acceptors (Lipinski definition) is 8. The summed E-state index contributed by atoms with van der Waals surface area (Å²) >= 11 is 0. The summed E-state index contributed by atoms with van der Waals surface area (Å²) in [6.07, 6.45) is 4.96. The Morgan fingerprint density at radius 2 is 1.59 bits per heavy atom. The monoisotopic (exact) mass is 729 g/mol. The molecular weight excluding hydrogens is 679 g/mol. The maximum Gasteiger partial charge on any atom is 0.411 e. The molecule has 2 saturated heterocycles. The number of amides is 1. The van der Waals surface area contributed by atoms with E-state index in [4.69, 9.17) is 4.74 Å². The number of nitrogens with zero attached hydrogens (tertiary/aromatic N) is 2. The third-order valence-electron chi connectivity index (χ3n) is 11.0. The van der Waals surface area contributed by atoms with Crippen molar-refractivity contribution in [3.63, 3.8) is 0 Å². The molecule has 2 aliphatic rings. The van der Waals surface area contributed by atoms with Crippen LogP contribution in [0.3, 0.4) is 0 Å². The highest BCUT2D eigenvalue weighted by atomic mass is 16.6. The summed E-state index contributed by atoms with van der Waals surface area (Å²) in [6.45, 7) is 6.24. The molecule has 54 heavy (non-hydrogen) atoms. The van der Waals surface area contributed by atoms with Gasteiger partial charge in [-0.15, -0.1) is 0 Å². The number of para-hydroxylation sites is 1. The van der Waals surface area contributed by atoms with Crippen LogP contribution < -0.4 is 21.1 Å². The number of anilines is 2. The molecule has 1 amide bonds. The molecule has 10 nitrogen and oxygen atoms in total. The Balaban J connectivity index is 0.774. The molecule has 1 aromatic heterocycles. The number of carbonyl (C=O) groups is 1. The first-order valence-electron chi connectivity index (χ1n) is 19.3. The van der Waals surface area contributed by atoms with Crippen LogP contribution in [0.2, 0.25) is 0 Å². The number of phenolic OH excluding ortho intramolecular Hbond substituents is 1. The molecule has 0 bridgehead atoms. The van der Waals surface area contributed by atoms with E-state index in [1.807, 2.05) is 54.6 Å². The van der Waals surface area contributed by atoms with Gasteiger partial charge in [-0.25, -0.2) is 4.79 Å². The molecule has 4 aromatic carbocycles. The summed E-state index contributed by atoms with van der Waals surface area (Å²) in [5.41, 5.74) is 6.02. The van der Waals surface area contributed by atoms with E-state index >= 15 is 0 Å². The number of hydrogen-bond donors (Lipinski definition) is 5. The fourth-order valence-electron chi connectivity index (χ4n) is 7.85. The van der Waals surface area contributed by atoms with Crippen molar-refractivity contribution in [1.82, 2.24) is 15.2 Å². The quantitative estimate of drug-likeness (QED) is 0.0814. The van der Waals surface area contributed by atoms with Crippen LogP contribution in [0, 0.1) is 5.92 Å². The van der Waals surface area contributed by atoms with Crippen molar-refractivity contribution in [3.8, 4) is 16.9 Å². The van der Waals surface area contributed by atoms with E-state index in [0.29, 0.717) is 23.0 Å². The molecule has 10 heteroatoms. The van der Waals surface area contributed by atoms with E-state index in [0.717, 1.165) is 81.3 Å². The highest BCUT2D eigenvalue weighted by molar-refractivity contribution is 5.91. The minimum Gasteiger partial charge on any atom is -0.506 e. The molecule has 282 valence electrons. The summed E-state index contributed by atoms with van der Waals surface area (Å²) in [7, 11) is 0. The molecule has 1 atom stereocenters. The second-order valence-electron chi connectivity index (χ2n) is 14.6.